The summed E-state index contributed by atoms with van der Waals surface area (Å²) in [6, 6.07) is 10.4. The van der Waals surface area contributed by atoms with E-state index in [4.69, 9.17) is 10.7 Å². The number of primary amides is 1. The van der Waals surface area contributed by atoms with Crippen molar-refractivity contribution in [3.05, 3.63) is 35.9 Å². The molecule has 0 radical (unpaired) electrons. The number of amides is 1. The van der Waals surface area contributed by atoms with Gasteiger partial charge < -0.3 is 10.6 Å². The topological polar surface area (TPSA) is 59.2 Å². The van der Waals surface area contributed by atoms with Gasteiger partial charge in [0.25, 0.3) is 0 Å². The Bertz CT molecular complexity index is 668. The van der Waals surface area contributed by atoms with E-state index in [1.165, 1.54) is 10.9 Å². The fourth-order valence-electron chi connectivity index (χ4n) is 3.24. The van der Waals surface area contributed by atoms with E-state index < -0.39 is 0 Å². The summed E-state index contributed by atoms with van der Waals surface area (Å²) < 4.78 is 0. The van der Waals surface area contributed by atoms with Crippen molar-refractivity contribution in [1.29, 1.82) is 0 Å². The average Bonchev–Trinajstić information content (AvgIpc) is 2.46. The highest BCUT2D eigenvalue weighted by Crippen LogP contribution is 2.28. The van der Waals surface area contributed by atoms with Gasteiger partial charge in [0.1, 0.15) is 5.82 Å². The first-order chi connectivity index (χ1) is 10.1. The Morgan fingerprint density at radius 3 is 3.05 bits per heavy atom. The molecule has 2 aromatic rings. The molecule has 2 N–H and O–H groups in total. The predicted molar refractivity (Wildman–Crippen MR) is 85.2 cm³/mol. The van der Waals surface area contributed by atoms with E-state index in [2.05, 4.69) is 24.0 Å². The van der Waals surface area contributed by atoms with Gasteiger partial charge in [-0.25, -0.2) is 4.98 Å². The number of carbonyl (C=O) groups is 1. The highest BCUT2D eigenvalue weighted by molar-refractivity contribution is 5.81. The predicted octanol–water partition coefficient (Wildman–Crippen LogP) is 2.64. The molecule has 0 bridgehead atoms. The van der Waals surface area contributed by atoms with E-state index in [0.717, 1.165) is 37.3 Å². The molecule has 4 nitrogen and oxygen atoms in total. The summed E-state index contributed by atoms with van der Waals surface area (Å²) in [4.78, 5) is 18.3. The highest BCUT2D eigenvalue weighted by Gasteiger charge is 2.23. The fourth-order valence-corrected chi connectivity index (χ4v) is 3.24. The molecular weight excluding hydrogens is 262 g/mol. The minimum Gasteiger partial charge on any atom is -0.370 e. The molecule has 0 spiro atoms. The number of pyridine rings is 1. The minimum absolute atomic E-state index is 0.204. The first-order valence-electron chi connectivity index (χ1n) is 7.53. The Balaban J connectivity index is 1.88. The third-order valence-corrected chi connectivity index (χ3v) is 4.20. The quantitative estimate of drug-likeness (QED) is 0.942. The average molecular weight is 283 g/mol. The number of carbonyl (C=O) groups excluding carboxylic acids is 1. The number of hydrogen-bond acceptors (Lipinski definition) is 3. The number of aryl methyl sites for hydroxylation is 1. The Hall–Kier alpha value is -2.10. The maximum atomic E-state index is 11.1. The van der Waals surface area contributed by atoms with E-state index in [-0.39, 0.29) is 5.91 Å². The zero-order valence-corrected chi connectivity index (χ0v) is 12.4. The second-order valence-corrected chi connectivity index (χ2v) is 5.95. The molecule has 1 aliphatic rings. The van der Waals surface area contributed by atoms with Gasteiger partial charge >= 0.3 is 0 Å². The Labute approximate surface area is 125 Å². The largest absolute Gasteiger partial charge is 0.370 e. The molecule has 1 fully saturated rings. The van der Waals surface area contributed by atoms with Gasteiger partial charge in [-0.1, -0.05) is 18.2 Å². The third kappa shape index (κ3) is 2.99. The van der Waals surface area contributed by atoms with Gasteiger partial charge in [-0.2, -0.15) is 0 Å². The smallest absolute Gasteiger partial charge is 0.217 e. The van der Waals surface area contributed by atoms with Crippen LogP contribution in [0.2, 0.25) is 0 Å². The van der Waals surface area contributed by atoms with Gasteiger partial charge in [0.05, 0.1) is 5.52 Å². The van der Waals surface area contributed by atoms with Crippen LogP contribution >= 0.6 is 0 Å². The molecule has 1 aliphatic heterocycles. The summed E-state index contributed by atoms with van der Waals surface area (Å²) >= 11 is 0. The molecule has 1 amide bonds. The van der Waals surface area contributed by atoms with E-state index in [1.807, 2.05) is 18.2 Å². The van der Waals surface area contributed by atoms with Crippen LogP contribution in [0.5, 0.6) is 0 Å². The lowest BCUT2D eigenvalue weighted by molar-refractivity contribution is -0.118. The first-order valence-corrected chi connectivity index (χ1v) is 7.53. The van der Waals surface area contributed by atoms with Crippen molar-refractivity contribution in [2.75, 3.05) is 18.0 Å². The second-order valence-electron chi connectivity index (χ2n) is 5.95. The maximum Gasteiger partial charge on any atom is 0.217 e. The van der Waals surface area contributed by atoms with Crippen molar-refractivity contribution in [2.24, 2.45) is 11.7 Å². The molecule has 2 heterocycles. The lowest BCUT2D eigenvalue weighted by Gasteiger charge is -2.34. The van der Waals surface area contributed by atoms with Crippen LogP contribution in [0.4, 0.5) is 5.82 Å². The number of benzene rings is 1. The summed E-state index contributed by atoms with van der Waals surface area (Å²) in [6.07, 6.45) is 2.64. The molecule has 1 aromatic heterocycles. The number of fused-ring (bicyclic) bond motifs is 1. The fraction of sp³-hybridized carbons (Fsp3) is 0.412. The molecule has 0 aliphatic carbocycles. The van der Waals surface area contributed by atoms with Crippen LogP contribution in [0.1, 0.15) is 24.8 Å². The van der Waals surface area contributed by atoms with E-state index in [1.54, 1.807) is 0 Å². The van der Waals surface area contributed by atoms with Crippen LogP contribution in [0.25, 0.3) is 10.9 Å². The molecule has 4 heteroatoms. The standard InChI is InChI=1S/C17H21N3O/c1-12-9-14-6-2-3-7-15(14)19-17(12)20-8-4-5-13(11-20)10-16(18)21/h2-3,6-7,9,13H,4-5,8,10-11H2,1H3,(H2,18,21). The van der Waals surface area contributed by atoms with Gasteiger partial charge in [-0.3, -0.25) is 4.79 Å². The molecule has 110 valence electrons. The van der Waals surface area contributed by atoms with Crippen molar-refractivity contribution in [3.8, 4) is 0 Å². The number of hydrogen-bond donors (Lipinski definition) is 1. The number of para-hydroxylation sites is 1. The number of nitrogens with zero attached hydrogens (tertiary/aromatic N) is 2. The molecule has 1 saturated heterocycles. The molecule has 0 saturated carbocycles. The lowest BCUT2D eigenvalue weighted by atomic mass is 9.94. The molecule has 1 aromatic carbocycles. The Kier molecular flexibility index (Phi) is 3.78. The normalized spacial score (nSPS) is 18.9. The molecular formula is C17H21N3O. The van der Waals surface area contributed by atoms with Crippen LogP contribution in [0.15, 0.2) is 30.3 Å². The van der Waals surface area contributed by atoms with Crippen LogP contribution in [-0.4, -0.2) is 24.0 Å². The summed E-state index contributed by atoms with van der Waals surface area (Å²) in [6.45, 7) is 3.98. The van der Waals surface area contributed by atoms with Crippen LogP contribution in [0.3, 0.4) is 0 Å². The van der Waals surface area contributed by atoms with Crippen molar-refractivity contribution in [3.63, 3.8) is 0 Å². The lowest BCUT2D eigenvalue weighted by Crippen LogP contribution is -2.38. The van der Waals surface area contributed by atoms with Crippen LogP contribution in [-0.2, 0) is 4.79 Å². The zero-order valence-electron chi connectivity index (χ0n) is 12.4. The van der Waals surface area contributed by atoms with Crippen molar-refractivity contribution in [2.45, 2.75) is 26.2 Å². The number of piperidine rings is 1. The zero-order chi connectivity index (χ0) is 14.8. The van der Waals surface area contributed by atoms with Gasteiger partial charge in [0.15, 0.2) is 0 Å². The number of anilines is 1. The van der Waals surface area contributed by atoms with E-state index in [9.17, 15) is 4.79 Å². The summed E-state index contributed by atoms with van der Waals surface area (Å²) in [5, 5.41) is 1.17. The summed E-state index contributed by atoms with van der Waals surface area (Å²) in [7, 11) is 0. The van der Waals surface area contributed by atoms with Crippen LogP contribution in [0, 0.1) is 12.8 Å². The summed E-state index contributed by atoms with van der Waals surface area (Å²) in [5.74, 6) is 1.19. The Morgan fingerprint density at radius 1 is 1.43 bits per heavy atom. The van der Waals surface area contributed by atoms with E-state index in [0.29, 0.717) is 12.3 Å². The molecule has 1 atom stereocenters. The van der Waals surface area contributed by atoms with E-state index >= 15 is 0 Å². The second kappa shape index (κ2) is 5.72. The molecule has 21 heavy (non-hydrogen) atoms. The summed E-state index contributed by atoms with van der Waals surface area (Å²) in [5.41, 5.74) is 7.55. The monoisotopic (exact) mass is 283 g/mol. The van der Waals surface area contributed by atoms with Gasteiger partial charge in [-0.15, -0.1) is 0 Å². The Morgan fingerprint density at radius 2 is 2.24 bits per heavy atom. The maximum absolute atomic E-state index is 11.1. The SMILES string of the molecule is Cc1cc2ccccc2nc1N1CCCC(CC(N)=O)C1. The molecule has 3 rings (SSSR count). The highest BCUT2D eigenvalue weighted by atomic mass is 16.1. The minimum atomic E-state index is -0.204. The van der Waals surface area contributed by atoms with Gasteiger partial charge in [0, 0.05) is 24.9 Å². The molecule has 1 unspecified atom stereocenters. The third-order valence-electron chi connectivity index (χ3n) is 4.20. The number of aromatic nitrogens is 1. The van der Waals surface area contributed by atoms with Gasteiger partial charge in [-0.05, 0) is 43.4 Å². The van der Waals surface area contributed by atoms with Gasteiger partial charge in [0.2, 0.25) is 5.91 Å². The van der Waals surface area contributed by atoms with Crippen molar-refractivity contribution < 1.29 is 4.79 Å². The number of rotatable bonds is 3. The number of nitrogens with two attached hydrogens (primary N) is 1. The van der Waals surface area contributed by atoms with Crippen LogP contribution < -0.4 is 10.6 Å². The first kappa shape index (κ1) is 13.9. The van der Waals surface area contributed by atoms with Crippen molar-refractivity contribution >= 4 is 22.6 Å². The van der Waals surface area contributed by atoms with Crippen molar-refractivity contribution in [1.82, 2.24) is 4.98 Å².